The highest BCUT2D eigenvalue weighted by Gasteiger charge is 2.32. The van der Waals surface area contributed by atoms with Gasteiger partial charge in [0.25, 0.3) is 11.5 Å². The van der Waals surface area contributed by atoms with E-state index in [0.717, 1.165) is 22.4 Å². The van der Waals surface area contributed by atoms with Crippen molar-refractivity contribution in [2.75, 3.05) is 11.4 Å². The SMILES string of the molecule is CCN(C(=O)c1nn(-c2ccc(C)cc2)c(=O)c2c1-c1ccccc1C2)c1ccccc1. The van der Waals surface area contributed by atoms with Crippen LogP contribution >= 0.6 is 0 Å². The van der Waals surface area contributed by atoms with Crippen molar-refractivity contribution in [2.45, 2.75) is 20.3 Å². The minimum atomic E-state index is -0.215. The number of carbonyl (C=O) groups excluding carboxylic acids is 1. The summed E-state index contributed by atoms with van der Waals surface area (Å²) in [5, 5.41) is 4.65. The first-order valence-corrected chi connectivity index (χ1v) is 10.8. The fraction of sp³-hybridized carbons (Fsp3) is 0.148. The highest BCUT2D eigenvalue weighted by molar-refractivity contribution is 6.09. The van der Waals surface area contributed by atoms with E-state index in [4.69, 9.17) is 0 Å². The van der Waals surface area contributed by atoms with Gasteiger partial charge in [-0.3, -0.25) is 9.59 Å². The second-order valence-corrected chi connectivity index (χ2v) is 7.97. The third kappa shape index (κ3) is 3.23. The van der Waals surface area contributed by atoms with Gasteiger partial charge in [0.1, 0.15) is 0 Å². The van der Waals surface area contributed by atoms with Crippen LogP contribution in [0, 0.1) is 6.92 Å². The summed E-state index contributed by atoms with van der Waals surface area (Å²) in [5.74, 6) is -0.215. The number of fused-ring (bicyclic) bond motifs is 3. The molecule has 5 heteroatoms. The minimum Gasteiger partial charge on any atom is -0.307 e. The molecule has 32 heavy (non-hydrogen) atoms. The summed E-state index contributed by atoms with van der Waals surface area (Å²) in [5.41, 5.74) is 5.90. The summed E-state index contributed by atoms with van der Waals surface area (Å²) in [6.07, 6.45) is 0.496. The van der Waals surface area contributed by atoms with Crippen LogP contribution in [0.15, 0.2) is 83.7 Å². The highest BCUT2D eigenvalue weighted by Crippen LogP contribution is 2.37. The summed E-state index contributed by atoms with van der Waals surface area (Å²) in [4.78, 5) is 29.0. The molecule has 0 bridgehead atoms. The first-order valence-electron chi connectivity index (χ1n) is 10.8. The Morgan fingerprint density at radius 2 is 1.66 bits per heavy atom. The molecule has 5 rings (SSSR count). The molecule has 0 saturated heterocycles. The van der Waals surface area contributed by atoms with Crippen LogP contribution in [0.1, 0.15) is 34.1 Å². The van der Waals surface area contributed by atoms with Crippen LogP contribution in [0.3, 0.4) is 0 Å². The molecule has 0 fully saturated rings. The van der Waals surface area contributed by atoms with Gasteiger partial charge in [-0.2, -0.15) is 9.78 Å². The van der Waals surface area contributed by atoms with E-state index in [2.05, 4.69) is 5.10 Å². The fourth-order valence-corrected chi connectivity index (χ4v) is 4.33. The van der Waals surface area contributed by atoms with Crippen molar-refractivity contribution in [1.29, 1.82) is 0 Å². The predicted octanol–water partition coefficient (Wildman–Crippen LogP) is 4.78. The van der Waals surface area contributed by atoms with E-state index in [-0.39, 0.29) is 11.5 Å². The van der Waals surface area contributed by atoms with Gasteiger partial charge in [-0.15, -0.1) is 0 Å². The number of benzene rings is 3. The third-order valence-corrected chi connectivity index (χ3v) is 5.95. The Bertz CT molecular complexity index is 1370. The molecule has 0 aliphatic heterocycles. The van der Waals surface area contributed by atoms with E-state index in [9.17, 15) is 9.59 Å². The normalized spacial score (nSPS) is 11.7. The van der Waals surface area contributed by atoms with Crippen molar-refractivity contribution in [3.8, 4) is 16.8 Å². The number of carbonyl (C=O) groups is 1. The Balaban J connectivity index is 1.75. The van der Waals surface area contributed by atoms with E-state index in [1.165, 1.54) is 4.68 Å². The van der Waals surface area contributed by atoms with E-state index < -0.39 is 0 Å². The lowest BCUT2D eigenvalue weighted by Gasteiger charge is -2.22. The van der Waals surface area contributed by atoms with Gasteiger partial charge < -0.3 is 4.90 Å². The molecule has 1 aliphatic rings. The molecule has 1 heterocycles. The zero-order valence-corrected chi connectivity index (χ0v) is 18.1. The first-order chi connectivity index (χ1) is 15.6. The molecule has 4 aromatic rings. The van der Waals surface area contributed by atoms with Crippen LogP contribution in [-0.4, -0.2) is 22.2 Å². The Labute approximate surface area is 186 Å². The number of hydrogen-bond acceptors (Lipinski definition) is 3. The Morgan fingerprint density at radius 1 is 0.969 bits per heavy atom. The van der Waals surface area contributed by atoms with Crippen LogP contribution in [0.25, 0.3) is 16.8 Å². The van der Waals surface area contributed by atoms with Gasteiger partial charge >= 0.3 is 0 Å². The van der Waals surface area contributed by atoms with Crippen molar-refractivity contribution >= 4 is 11.6 Å². The molecule has 158 valence electrons. The van der Waals surface area contributed by atoms with Gasteiger partial charge in [0.15, 0.2) is 5.69 Å². The molecule has 1 aliphatic carbocycles. The summed E-state index contributed by atoms with van der Waals surface area (Å²) in [6.45, 7) is 4.42. The van der Waals surface area contributed by atoms with E-state index in [1.54, 1.807) is 4.90 Å². The second-order valence-electron chi connectivity index (χ2n) is 7.97. The maximum atomic E-state index is 13.8. The monoisotopic (exact) mass is 421 g/mol. The molecule has 0 unspecified atom stereocenters. The molecule has 0 N–H and O–H groups in total. The Hall–Kier alpha value is -3.99. The van der Waals surface area contributed by atoms with Crippen LogP contribution in [-0.2, 0) is 6.42 Å². The molecule has 1 amide bonds. The van der Waals surface area contributed by atoms with Crippen LogP contribution in [0.5, 0.6) is 0 Å². The zero-order chi connectivity index (χ0) is 22.2. The average molecular weight is 422 g/mol. The topological polar surface area (TPSA) is 55.2 Å². The average Bonchev–Trinajstić information content (AvgIpc) is 3.22. The summed E-state index contributed by atoms with van der Waals surface area (Å²) < 4.78 is 1.37. The van der Waals surface area contributed by atoms with E-state index in [1.807, 2.05) is 92.7 Å². The number of aryl methyl sites for hydroxylation is 1. The Morgan fingerprint density at radius 3 is 2.38 bits per heavy atom. The summed E-state index contributed by atoms with van der Waals surface area (Å²) >= 11 is 0. The van der Waals surface area contributed by atoms with Crippen LogP contribution < -0.4 is 10.5 Å². The maximum Gasteiger partial charge on any atom is 0.279 e. The van der Waals surface area contributed by atoms with Gasteiger partial charge in [0.2, 0.25) is 0 Å². The predicted molar refractivity (Wildman–Crippen MR) is 127 cm³/mol. The largest absolute Gasteiger partial charge is 0.307 e. The minimum absolute atomic E-state index is 0.181. The van der Waals surface area contributed by atoms with Crippen molar-refractivity contribution < 1.29 is 4.79 Å². The number of rotatable bonds is 4. The highest BCUT2D eigenvalue weighted by atomic mass is 16.2. The Kier molecular flexibility index (Phi) is 4.94. The van der Waals surface area contributed by atoms with Crippen molar-refractivity contribution in [2.24, 2.45) is 0 Å². The number of anilines is 1. The maximum absolute atomic E-state index is 13.8. The molecule has 0 saturated carbocycles. The first kappa shape index (κ1) is 19.9. The quantitative estimate of drug-likeness (QED) is 0.420. The van der Waals surface area contributed by atoms with Gasteiger partial charge in [-0.05, 0) is 49.2 Å². The van der Waals surface area contributed by atoms with Crippen molar-refractivity contribution in [3.05, 3.63) is 112 Å². The number of nitrogens with zero attached hydrogens (tertiary/aromatic N) is 3. The fourth-order valence-electron chi connectivity index (χ4n) is 4.33. The van der Waals surface area contributed by atoms with Gasteiger partial charge in [0, 0.05) is 29.8 Å². The van der Waals surface area contributed by atoms with E-state index in [0.29, 0.717) is 35.5 Å². The molecule has 0 atom stereocenters. The molecule has 1 aromatic heterocycles. The van der Waals surface area contributed by atoms with Crippen LogP contribution in [0.4, 0.5) is 5.69 Å². The number of para-hydroxylation sites is 1. The lowest BCUT2D eigenvalue weighted by molar-refractivity contribution is 0.0982. The second kappa shape index (κ2) is 7.93. The van der Waals surface area contributed by atoms with Gasteiger partial charge in [-0.25, -0.2) is 0 Å². The molecule has 0 spiro atoms. The van der Waals surface area contributed by atoms with E-state index >= 15 is 0 Å². The van der Waals surface area contributed by atoms with Gasteiger partial charge in [-0.1, -0.05) is 60.2 Å². The van der Waals surface area contributed by atoms with Gasteiger partial charge in [0.05, 0.1) is 5.69 Å². The molecule has 5 nitrogen and oxygen atoms in total. The number of hydrogen-bond donors (Lipinski definition) is 0. The molecule has 0 radical (unpaired) electrons. The molecular weight excluding hydrogens is 398 g/mol. The zero-order valence-electron chi connectivity index (χ0n) is 18.1. The van der Waals surface area contributed by atoms with Crippen LogP contribution in [0.2, 0.25) is 0 Å². The third-order valence-electron chi connectivity index (χ3n) is 5.95. The lowest BCUT2D eigenvalue weighted by atomic mass is 10.0. The summed E-state index contributed by atoms with van der Waals surface area (Å²) in [7, 11) is 0. The van der Waals surface area contributed by atoms with Crippen molar-refractivity contribution in [3.63, 3.8) is 0 Å². The molecule has 3 aromatic carbocycles. The summed E-state index contributed by atoms with van der Waals surface area (Å²) in [6, 6.07) is 25.0. The smallest absolute Gasteiger partial charge is 0.279 e. The van der Waals surface area contributed by atoms with Crippen molar-refractivity contribution in [1.82, 2.24) is 9.78 Å². The number of amides is 1. The lowest BCUT2D eigenvalue weighted by Crippen LogP contribution is -2.35. The number of aromatic nitrogens is 2. The standard InChI is InChI=1S/C27H23N3O2/c1-3-29(20-10-5-4-6-11-20)27(32)25-24-22-12-8-7-9-19(22)17-23(24)26(31)30(28-25)21-15-13-18(2)14-16-21/h4-16H,3,17H2,1-2H3. The molecular formula is C27H23N3O2.